The van der Waals surface area contributed by atoms with Crippen LogP contribution >= 0.6 is 0 Å². The lowest BCUT2D eigenvalue weighted by atomic mass is 9.99. The summed E-state index contributed by atoms with van der Waals surface area (Å²) in [5.74, 6) is -1.63. The van der Waals surface area contributed by atoms with Crippen LogP contribution in [0.25, 0.3) is 0 Å². The number of nitrogens with zero attached hydrogens (tertiary/aromatic N) is 2. The maximum Gasteiger partial charge on any atom is 0.292 e. The van der Waals surface area contributed by atoms with Gasteiger partial charge in [0.2, 0.25) is 0 Å². The first-order valence-corrected chi connectivity index (χ1v) is 4.79. The Balaban J connectivity index is 2.17. The normalized spacial score (nSPS) is 15.6. The van der Waals surface area contributed by atoms with Crippen LogP contribution in [0.4, 0.5) is 11.4 Å². The summed E-state index contributed by atoms with van der Waals surface area (Å²) in [4.78, 5) is 22.4. The highest BCUT2D eigenvalue weighted by atomic mass is 16.6. The second-order valence-corrected chi connectivity index (χ2v) is 3.67. The number of para-hydroxylation sites is 2. The number of carboxylic acids is 1. The maximum atomic E-state index is 10.7. The summed E-state index contributed by atoms with van der Waals surface area (Å²) in [7, 11) is 0. The summed E-state index contributed by atoms with van der Waals surface area (Å²) < 4.78 is 0. The van der Waals surface area contributed by atoms with E-state index in [1.165, 1.54) is 6.07 Å². The quantitative estimate of drug-likeness (QED) is 0.520. The maximum absolute atomic E-state index is 10.7. The van der Waals surface area contributed by atoms with Crippen LogP contribution < -0.4 is 10.0 Å². The molecular weight excluding hydrogens is 212 g/mol. The van der Waals surface area contributed by atoms with Gasteiger partial charge < -0.3 is 14.8 Å². The molecular formula is C10H9N2O4-. The van der Waals surface area contributed by atoms with Crippen molar-refractivity contribution in [3.05, 3.63) is 34.4 Å². The van der Waals surface area contributed by atoms with Crippen molar-refractivity contribution in [3.8, 4) is 0 Å². The predicted octanol–water partition coefficient (Wildman–Crippen LogP) is -0.219. The van der Waals surface area contributed by atoms with Crippen molar-refractivity contribution in [3.63, 3.8) is 0 Å². The third-order valence-electron chi connectivity index (χ3n) is 2.63. The van der Waals surface area contributed by atoms with Crippen LogP contribution in [0.5, 0.6) is 0 Å². The number of aliphatic carboxylic acids is 1. The molecule has 0 amide bonds. The molecule has 6 nitrogen and oxygen atoms in total. The van der Waals surface area contributed by atoms with Gasteiger partial charge in [-0.15, -0.1) is 0 Å². The van der Waals surface area contributed by atoms with Crippen LogP contribution in [0.3, 0.4) is 0 Å². The highest BCUT2D eigenvalue weighted by molar-refractivity contribution is 5.74. The molecule has 0 bridgehead atoms. The molecule has 0 aliphatic carbocycles. The van der Waals surface area contributed by atoms with E-state index in [-0.39, 0.29) is 18.8 Å². The largest absolute Gasteiger partial charge is 0.550 e. The van der Waals surface area contributed by atoms with Gasteiger partial charge >= 0.3 is 0 Å². The average Bonchev–Trinajstić information content (AvgIpc) is 2.15. The van der Waals surface area contributed by atoms with Crippen molar-refractivity contribution in [2.45, 2.75) is 0 Å². The molecule has 6 heteroatoms. The molecule has 1 aliphatic heterocycles. The molecule has 0 unspecified atom stereocenters. The van der Waals surface area contributed by atoms with Crippen molar-refractivity contribution in [1.82, 2.24) is 0 Å². The zero-order valence-electron chi connectivity index (χ0n) is 8.33. The van der Waals surface area contributed by atoms with Crippen LogP contribution in [0, 0.1) is 16.0 Å². The second-order valence-electron chi connectivity index (χ2n) is 3.67. The summed E-state index contributed by atoms with van der Waals surface area (Å²) in [6.45, 7) is 0.542. The zero-order valence-corrected chi connectivity index (χ0v) is 8.33. The van der Waals surface area contributed by atoms with Gasteiger partial charge in [-0.3, -0.25) is 10.1 Å². The van der Waals surface area contributed by atoms with E-state index in [1.807, 2.05) is 0 Å². The van der Waals surface area contributed by atoms with E-state index in [1.54, 1.807) is 23.1 Å². The summed E-state index contributed by atoms with van der Waals surface area (Å²) >= 11 is 0. The van der Waals surface area contributed by atoms with Crippen molar-refractivity contribution >= 4 is 17.3 Å². The fourth-order valence-electron chi connectivity index (χ4n) is 1.71. The molecule has 1 fully saturated rings. The minimum atomic E-state index is -1.10. The van der Waals surface area contributed by atoms with E-state index in [0.29, 0.717) is 5.69 Å². The molecule has 2 rings (SSSR count). The Morgan fingerprint density at radius 1 is 1.38 bits per heavy atom. The number of carbonyl (C=O) groups excluding carboxylic acids is 1. The Morgan fingerprint density at radius 2 is 2.00 bits per heavy atom. The van der Waals surface area contributed by atoms with Crippen LogP contribution in [-0.2, 0) is 4.79 Å². The van der Waals surface area contributed by atoms with Crippen molar-refractivity contribution < 1.29 is 14.8 Å². The monoisotopic (exact) mass is 221 g/mol. The molecule has 16 heavy (non-hydrogen) atoms. The smallest absolute Gasteiger partial charge is 0.292 e. The van der Waals surface area contributed by atoms with Crippen LogP contribution in [0.2, 0.25) is 0 Å². The number of rotatable bonds is 3. The topological polar surface area (TPSA) is 86.5 Å². The molecule has 0 aromatic heterocycles. The standard InChI is InChI=1S/C10H10N2O4/c13-10(14)7-5-11(6-7)8-3-1-2-4-9(8)12(15)16/h1-4,7H,5-6H2,(H,13,14)/p-1. The zero-order chi connectivity index (χ0) is 11.7. The minimum absolute atomic E-state index is 0.000650. The first-order chi connectivity index (χ1) is 7.59. The Morgan fingerprint density at radius 3 is 2.56 bits per heavy atom. The van der Waals surface area contributed by atoms with Crippen LogP contribution in [0.1, 0.15) is 0 Å². The number of benzene rings is 1. The average molecular weight is 221 g/mol. The Labute approximate surface area is 91.3 Å². The number of hydrogen-bond donors (Lipinski definition) is 0. The van der Waals surface area contributed by atoms with E-state index < -0.39 is 16.8 Å². The third-order valence-corrected chi connectivity index (χ3v) is 2.63. The minimum Gasteiger partial charge on any atom is -0.550 e. The highest BCUT2D eigenvalue weighted by Gasteiger charge is 2.31. The fraction of sp³-hybridized carbons (Fsp3) is 0.300. The van der Waals surface area contributed by atoms with Gasteiger partial charge in [-0.25, -0.2) is 0 Å². The Hall–Kier alpha value is -2.11. The number of carboxylic acid groups (broad SMARTS) is 1. The lowest BCUT2D eigenvalue weighted by Gasteiger charge is -2.40. The second kappa shape index (κ2) is 3.80. The molecule has 1 aliphatic rings. The predicted molar refractivity (Wildman–Crippen MR) is 53.8 cm³/mol. The molecule has 0 radical (unpaired) electrons. The third kappa shape index (κ3) is 1.69. The van der Waals surface area contributed by atoms with Gasteiger partial charge in [0.25, 0.3) is 5.69 Å². The molecule has 1 aromatic rings. The molecule has 0 saturated carbocycles. The molecule has 0 spiro atoms. The molecule has 1 aromatic carbocycles. The SMILES string of the molecule is O=C([O-])C1CN(c2ccccc2[N+](=O)[O-])C1. The number of anilines is 1. The van der Waals surface area contributed by atoms with E-state index in [2.05, 4.69) is 0 Å². The van der Waals surface area contributed by atoms with Gasteiger partial charge in [-0.05, 0) is 6.07 Å². The number of carbonyl (C=O) groups is 1. The van der Waals surface area contributed by atoms with Gasteiger partial charge in [0, 0.05) is 31.0 Å². The summed E-state index contributed by atoms with van der Waals surface area (Å²) in [6, 6.07) is 6.29. The van der Waals surface area contributed by atoms with Gasteiger partial charge in [0.05, 0.1) is 4.92 Å². The number of nitro benzene ring substituents is 1. The van der Waals surface area contributed by atoms with Crippen molar-refractivity contribution in [1.29, 1.82) is 0 Å². The molecule has 84 valence electrons. The van der Waals surface area contributed by atoms with Gasteiger partial charge in [0.1, 0.15) is 5.69 Å². The molecule has 0 atom stereocenters. The van der Waals surface area contributed by atoms with Crippen LogP contribution in [-0.4, -0.2) is 24.0 Å². The van der Waals surface area contributed by atoms with Gasteiger partial charge in [-0.2, -0.15) is 0 Å². The Kier molecular flexibility index (Phi) is 2.47. The summed E-state index contributed by atoms with van der Waals surface area (Å²) in [5.41, 5.74) is 0.462. The van der Waals surface area contributed by atoms with E-state index >= 15 is 0 Å². The fourth-order valence-corrected chi connectivity index (χ4v) is 1.71. The lowest BCUT2D eigenvalue weighted by Crippen LogP contribution is -2.54. The first kappa shape index (κ1) is 10.4. The molecule has 0 N–H and O–H groups in total. The lowest BCUT2D eigenvalue weighted by molar-refractivity contribution is -0.384. The summed E-state index contributed by atoms with van der Waals surface area (Å²) in [5, 5.41) is 21.2. The summed E-state index contributed by atoms with van der Waals surface area (Å²) in [6.07, 6.45) is 0. The van der Waals surface area contributed by atoms with E-state index in [9.17, 15) is 20.0 Å². The van der Waals surface area contributed by atoms with E-state index in [0.717, 1.165) is 0 Å². The van der Waals surface area contributed by atoms with Crippen molar-refractivity contribution in [2.75, 3.05) is 18.0 Å². The van der Waals surface area contributed by atoms with Gasteiger partial charge in [-0.1, -0.05) is 12.1 Å². The Bertz CT molecular complexity index is 440. The van der Waals surface area contributed by atoms with E-state index in [4.69, 9.17) is 0 Å². The van der Waals surface area contributed by atoms with Crippen LogP contribution in [0.15, 0.2) is 24.3 Å². The van der Waals surface area contributed by atoms with Crippen molar-refractivity contribution in [2.24, 2.45) is 5.92 Å². The number of hydrogen-bond acceptors (Lipinski definition) is 5. The number of nitro groups is 1. The van der Waals surface area contributed by atoms with Gasteiger partial charge in [0.15, 0.2) is 0 Å². The first-order valence-electron chi connectivity index (χ1n) is 4.79. The highest BCUT2D eigenvalue weighted by Crippen LogP contribution is 2.32. The molecule has 1 saturated heterocycles. The molecule has 1 heterocycles.